The molecule has 4 rings (SSSR count). The van der Waals surface area contributed by atoms with Crippen molar-refractivity contribution in [2.45, 2.75) is 31.7 Å². The van der Waals surface area contributed by atoms with Gasteiger partial charge in [0.2, 0.25) is 0 Å². The van der Waals surface area contributed by atoms with Crippen molar-refractivity contribution < 1.29 is 14.6 Å². The van der Waals surface area contributed by atoms with Gasteiger partial charge in [0.05, 0.1) is 12.1 Å². The Morgan fingerprint density at radius 2 is 2.14 bits per heavy atom. The normalized spacial score (nSPS) is 19.2. The largest absolute Gasteiger partial charge is 0.494 e. The molecule has 0 aliphatic carbocycles. The van der Waals surface area contributed by atoms with E-state index >= 15 is 0 Å². The first-order valence-electron chi connectivity index (χ1n) is 9.68. The summed E-state index contributed by atoms with van der Waals surface area (Å²) in [4.78, 5) is 22.8. The van der Waals surface area contributed by atoms with Crippen molar-refractivity contribution in [2.24, 2.45) is 5.92 Å². The number of carbonyl (C=O) groups is 1. The molecule has 1 aromatic carbocycles. The van der Waals surface area contributed by atoms with Gasteiger partial charge >= 0.3 is 6.09 Å². The van der Waals surface area contributed by atoms with Gasteiger partial charge in [-0.2, -0.15) is 0 Å². The number of hydrogen-bond acceptors (Lipinski definition) is 6. The van der Waals surface area contributed by atoms with Crippen LogP contribution in [-0.4, -0.2) is 45.3 Å². The van der Waals surface area contributed by atoms with Gasteiger partial charge in [-0.1, -0.05) is 0 Å². The lowest BCUT2D eigenvalue weighted by atomic mass is 9.87. The summed E-state index contributed by atoms with van der Waals surface area (Å²) in [6, 6.07) is 8.05. The molecule has 3 aromatic rings. The highest BCUT2D eigenvalue weighted by atomic mass is 32.1. The van der Waals surface area contributed by atoms with Gasteiger partial charge in [-0.25, -0.2) is 9.78 Å². The second kappa shape index (κ2) is 9.37. The first kappa shape index (κ1) is 19.8. The van der Waals surface area contributed by atoms with Crippen molar-refractivity contribution in [3.8, 4) is 16.3 Å². The van der Waals surface area contributed by atoms with E-state index in [1.807, 2.05) is 42.0 Å². The minimum Gasteiger partial charge on any atom is -0.494 e. The van der Waals surface area contributed by atoms with Crippen molar-refractivity contribution in [1.82, 2.24) is 14.9 Å². The van der Waals surface area contributed by atoms with Crippen LogP contribution in [0, 0.1) is 5.92 Å². The van der Waals surface area contributed by atoms with Crippen molar-refractivity contribution in [2.75, 3.05) is 13.2 Å². The van der Waals surface area contributed by atoms with E-state index in [4.69, 9.17) is 4.74 Å². The summed E-state index contributed by atoms with van der Waals surface area (Å²) in [6.45, 7) is 1.23. The quantitative estimate of drug-likeness (QED) is 0.570. The van der Waals surface area contributed by atoms with Crippen LogP contribution >= 0.6 is 22.7 Å². The van der Waals surface area contributed by atoms with Crippen molar-refractivity contribution in [3.63, 3.8) is 0 Å². The van der Waals surface area contributed by atoms with Gasteiger partial charge in [-0.3, -0.25) is 4.98 Å². The summed E-state index contributed by atoms with van der Waals surface area (Å²) >= 11 is 3.21. The summed E-state index contributed by atoms with van der Waals surface area (Å²) in [5.74, 6) is 1.33. The standard InChI is InChI=1S/C21H23N3O3S2/c25-21(26)24-8-5-15(11-17(24)12-19-13-22-14-29-19)6-9-27-18-3-1-16(2-4-18)20-23-7-10-28-20/h1-4,7,10,13-15,17H,5-6,8-9,11-12H2,(H,25,26). The van der Waals surface area contributed by atoms with Crippen LogP contribution in [0.15, 0.2) is 47.5 Å². The zero-order valence-corrected chi connectivity index (χ0v) is 17.6. The van der Waals surface area contributed by atoms with Gasteiger partial charge in [0.25, 0.3) is 0 Å². The molecular formula is C21H23N3O3S2. The van der Waals surface area contributed by atoms with E-state index in [1.54, 1.807) is 33.1 Å². The highest BCUT2D eigenvalue weighted by Crippen LogP contribution is 2.29. The number of aromatic nitrogens is 2. The fourth-order valence-corrected chi connectivity index (χ4v) is 5.13. The second-order valence-electron chi connectivity index (χ2n) is 7.19. The van der Waals surface area contributed by atoms with Gasteiger partial charge in [0, 0.05) is 47.2 Å². The molecule has 29 heavy (non-hydrogen) atoms. The van der Waals surface area contributed by atoms with E-state index in [-0.39, 0.29) is 6.04 Å². The van der Waals surface area contributed by atoms with Crippen molar-refractivity contribution >= 4 is 28.8 Å². The summed E-state index contributed by atoms with van der Waals surface area (Å²) in [7, 11) is 0. The summed E-state index contributed by atoms with van der Waals surface area (Å²) in [6.07, 6.45) is 6.26. The third kappa shape index (κ3) is 5.13. The van der Waals surface area contributed by atoms with Crippen LogP contribution in [-0.2, 0) is 6.42 Å². The smallest absolute Gasteiger partial charge is 0.407 e. The SMILES string of the molecule is O=C(O)N1CCC(CCOc2ccc(-c3nccs3)cc2)CC1Cc1cncs1. The number of hydrogen-bond donors (Lipinski definition) is 1. The van der Waals surface area contributed by atoms with Crippen LogP contribution in [0.5, 0.6) is 5.75 Å². The molecule has 152 valence electrons. The van der Waals surface area contributed by atoms with Gasteiger partial charge in [0.1, 0.15) is 10.8 Å². The number of rotatable bonds is 7. The number of benzene rings is 1. The zero-order chi connectivity index (χ0) is 20.1. The molecule has 1 saturated heterocycles. The minimum atomic E-state index is -0.825. The molecule has 2 unspecified atom stereocenters. The maximum atomic E-state index is 11.6. The van der Waals surface area contributed by atoms with Crippen LogP contribution in [0.3, 0.4) is 0 Å². The number of ether oxygens (including phenoxy) is 1. The number of likely N-dealkylation sites (tertiary alicyclic amines) is 1. The van der Waals surface area contributed by atoms with Crippen molar-refractivity contribution in [1.29, 1.82) is 0 Å². The number of carboxylic acid groups (broad SMARTS) is 1. The summed E-state index contributed by atoms with van der Waals surface area (Å²) in [5, 5.41) is 12.5. The Kier molecular flexibility index (Phi) is 6.41. The number of piperidine rings is 1. The first-order valence-corrected chi connectivity index (χ1v) is 11.4. The second-order valence-corrected chi connectivity index (χ2v) is 9.06. The van der Waals surface area contributed by atoms with E-state index in [1.165, 1.54) is 0 Å². The number of amides is 1. The Hall–Kier alpha value is -2.45. The van der Waals surface area contributed by atoms with E-state index in [0.717, 1.165) is 46.9 Å². The van der Waals surface area contributed by atoms with E-state index in [2.05, 4.69) is 9.97 Å². The fraction of sp³-hybridized carbons (Fsp3) is 0.381. The topological polar surface area (TPSA) is 75.5 Å². The first-order chi connectivity index (χ1) is 14.2. The van der Waals surface area contributed by atoms with Crippen molar-refractivity contribution in [3.05, 3.63) is 52.4 Å². The molecule has 2 aromatic heterocycles. The Morgan fingerprint density at radius 3 is 2.83 bits per heavy atom. The monoisotopic (exact) mass is 429 g/mol. The number of nitrogens with zero attached hydrogens (tertiary/aromatic N) is 3. The molecule has 6 nitrogen and oxygen atoms in total. The van der Waals surface area contributed by atoms with E-state index < -0.39 is 6.09 Å². The average Bonchev–Trinajstić information content (AvgIpc) is 3.43. The molecule has 2 atom stereocenters. The van der Waals surface area contributed by atoms with Gasteiger partial charge in [-0.05, 0) is 49.4 Å². The lowest BCUT2D eigenvalue weighted by Gasteiger charge is -2.37. The lowest BCUT2D eigenvalue weighted by Crippen LogP contribution is -2.46. The molecule has 0 spiro atoms. The predicted molar refractivity (Wildman–Crippen MR) is 115 cm³/mol. The average molecular weight is 430 g/mol. The van der Waals surface area contributed by atoms with E-state index in [0.29, 0.717) is 19.1 Å². The van der Waals surface area contributed by atoms with Gasteiger partial charge < -0.3 is 14.7 Å². The predicted octanol–water partition coefficient (Wildman–Crippen LogP) is 5.04. The Morgan fingerprint density at radius 1 is 1.28 bits per heavy atom. The third-order valence-corrected chi connectivity index (χ3v) is 6.94. The zero-order valence-electron chi connectivity index (χ0n) is 15.9. The molecule has 1 aliphatic rings. The Bertz CT molecular complexity index is 898. The highest BCUT2D eigenvalue weighted by molar-refractivity contribution is 7.13. The lowest BCUT2D eigenvalue weighted by molar-refractivity contribution is 0.0845. The molecule has 1 fully saturated rings. The molecule has 0 bridgehead atoms. The molecular weight excluding hydrogens is 406 g/mol. The van der Waals surface area contributed by atoms with Gasteiger partial charge in [-0.15, -0.1) is 22.7 Å². The maximum absolute atomic E-state index is 11.6. The molecule has 8 heteroatoms. The minimum absolute atomic E-state index is 0.0179. The molecule has 1 amide bonds. The van der Waals surface area contributed by atoms with Crippen LogP contribution in [0.25, 0.3) is 10.6 Å². The maximum Gasteiger partial charge on any atom is 0.407 e. The highest BCUT2D eigenvalue weighted by Gasteiger charge is 2.31. The molecule has 3 heterocycles. The number of thiazole rings is 2. The molecule has 1 aliphatic heterocycles. The van der Waals surface area contributed by atoms with Crippen LogP contribution < -0.4 is 4.74 Å². The Balaban J connectivity index is 1.28. The third-order valence-electron chi connectivity index (χ3n) is 5.32. The van der Waals surface area contributed by atoms with Crippen LogP contribution in [0.2, 0.25) is 0 Å². The Labute approximate surface area is 177 Å². The molecule has 1 N–H and O–H groups in total. The summed E-state index contributed by atoms with van der Waals surface area (Å²) in [5.41, 5.74) is 2.90. The summed E-state index contributed by atoms with van der Waals surface area (Å²) < 4.78 is 5.94. The van der Waals surface area contributed by atoms with Crippen LogP contribution in [0.1, 0.15) is 24.1 Å². The fourth-order valence-electron chi connectivity index (χ4n) is 3.82. The molecule has 0 saturated carbocycles. The van der Waals surface area contributed by atoms with Crippen LogP contribution in [0.4, 0.5) is 4.79 Å². The van der Waals surface area contributed by atoms with E-state index in [9.17, 15) is 9.90 Å². The molecule has 0 radical (unpaired) electrons. The van der Waals surface area contributed by atoms with Gasteiger partial charge in [0.15, 0.2) is 0 Å².